The Bertz CT molecular complexity index is 454. The maximum atomic E-state index is 11.4. The summed E-state index contributed by atoms with van der Waals surface area (Å²) in [6, 6.07) is 0. The van der Waals surface area contributed by atoms with Crippen molar-refractivity contribution in [3.8, 4) is 0 Å². The molecule has 118 valence electrons. The Hall–Kier alpha value is -1.02. The van der Waals surface area contributed by atoms with Gasteiger partial charge in [0.1, 0.15) is 24.4 Å². The van der Waals surface area contributed by atoms with Gasteiger partial charge in [-0.3, -0.25) is 4.79 Å². The Morgan fingerprint density at radius 3 is 2.00 bits per heavy atom. The number of hydrogen-bond donors (Lipinski definition) is 0. The third kappa shape index (κ3) is 2.83. The van der Waals surface area contributed by atoms with Gasteiger partial charge in [0, 0.05) is 0 Å². The highest BCUT2D eigenvalue weighted by Gasteiger charge is 2.55. The summed E-state index contributed by atoms with van der Waals surface area (Å²) in [6.45, 7) is 7.56. The molecule has 4 atom stereocenters. The highest BCUT2D eigenvalue weighted by atomic mass is 16.8. The van der Waals surface area contributed by atoms with E-state index in [9.17, 15) is 9.59 Å². The standard InChI is InChI=1S/C14H20O7/c1-13(2)17-6-9(19-13)11-10(20-14(3,4)21-11)8-5-7(15)12(16)18-8/h8-11H,5-6H2,1-4H3/t8-,9+,10+,11+/m0/s1. The fourth-order valence-corrected chi connectivity index (χ4v) is 2.96. The molecule has 0 unspecified atom stereocenters. The Kier molecular flexibility index (Phi) is 3.36. The van der Waals surface area contributed by atoms with Gasteiger partial charge in [0.2, 0.25) is 5.78 Å². The van der Waals surface area contributed by atoms with Gasteiger partial charge in [-0.2, -0.15) is 0 Å². The Labute approximate surface area is 122 Å². The maximum absolute atomic E-state index is 11.4. The summed E-state index contributed by atoms with van der Waals surface area (Å²) in [7, 11) is 0. The molecule has 0 amide bonds. The zero-order chi connectivity index (χ0) is 15.4. The molecule has 0 aromatic rings. The molecule has 3 saturated heterocycles. The SMILES string of the molecule is CC1(C)O[C@H]([C@@H]2CC(=O)C(=O)O2)[C@@H]([C@H]2COC(C)(C)O2)O1. The van der Waals surface area contributed by atoms with E-state index in [2.05, 4.69) is 0 Å². The van der Waals surface area contributed by atoms with Crippen molar-refractivity contribution in [2.75, 3.05) is 6.61 Å². The molecule has 3 aliphatic rings. The van der Waals surface area contributed by atoms with Crippen molar-refractivity contribution >= 4 is 11.8 Å². The first-order chi connectivity index (χ1) is 9.67. The van der Waals surface area contributed by atoms with Gasteiger partial charge in [0.15, 0.2) is 11.6 Å². The van der Waals surface area contributed by atoms with Crippen LogP contribution in [0.3, 0.4) is 0 Å². The number of esters is 1. The fraction of sp³-hybridized carbons (Fsp3) is 0.857. The van der Waals surface area contributed by atoms with E-state index in [1.165, 1.54) is 0 Å². The lowest BCUT2D eigenvalue weighted by Gasteiger charge is -2.25. The van der Waals surface area contributed by atoms with E-state index < -0.39 is 41.6 Å². The second-order valence-corrected chi connectivity index (χ2v) is 6.50. The van der Waals surface area contributed by atoms with Crippen molar-refractivity contribution in [1.82, 2.24) is 0 Å². The molecule has 3 fully saturated rings. The number of ether oxygens (including phenoxy) is 5. The van der Waals surface area contributed by atoms with Gasteiger partial charge in [-0.05, 0) is 27.7 Å². The molecule has 3 rings (SSSR count). The first-order valence-electron chi connectivity index (χ1n) is 7.08. The molecule has 0 N–H and O–H groups in total. The molecule has 7 heteroatoms. The Morgan fingerprint density at radius 1 is 0.905 bits per heavy atom. The third-order valence-electron chi connectivity index (χ3n) is 3.80. The minimum absolute atomic E-state index is 0.0103. The van der Waals surface area contributed by atoms with E-state index >= 15 is 0 Å². The summed E-state index contributed by atoms with van der Waals surface area (Å²) in [6.07, 6.45) is -1.95. The first-order valence-corrected chi connectivity index (χ1v) is 7.08. The smallest absolute Gasteiger partial charge is 0.375 e. The zero-order valence-electron chi connectivity index (χ0n) is 12.6. The van der Waals surface area contributed by atoms with Crippen molar-refractivity contribution in [1.29, 1.82) is 0 Å². The minimum atomic E-state index is -0.830. The summed E-state index contributed by atoms with van der Waals surface area (Å²) in [5, 5.41) is 0. The van der Waals surface area contributed by atoms with Crippen molar-refractivity contribution in [2.45, 2.75) is 70.1 Å². The predicted molar refractivity (Wildman–Crippen MR) is 68.2 cm³/mol. The average molecular weight is 300 g/mol. The fourth-order valence-electron chi connectivity index (χ4n) is 2.96. The first kappa shape index (κ1) is 14.9. The number of Topliss-reactive ketones (excluding diaryl/α,β-unsaturated/α-hetero) is 1. The van der Waals surface area contributed by atoms with Gasteiger partial charge in [-0.15, -0.1) is 0 Å². The van der Waals surface area contributed by atoms with Crippen molar-refractivity contribution < 1.29 is 33.3 Å². The summed E-state index contributed by atoms with van der Waals surface area (Å²) in [5.41, 5.74) is 0. The van der Waals surface area contributed by atoms with Gasteiger partial charge in [0.25, 0.3) is 0 Å². The predicted octanol–water partition coefficient (Wildman–Crippen LogP) is 0.543. The van der Waals surface area contributed by atoms with Crippen LogP contribution in [-0.2, 0) is 33.3 Å². The van der Waals surface area contributed by atoms with Crippen molar-refractivity contribution in [3.05, 3.63) is 0 Å². The van der Waals surface area contributed by atoms with E-state index in [1.807, 2.05) is 13.8 Å². The molecule has 3 aliphatic heterocycles. The summed E-state index contributed by atoms with van der Waals surface area (Å²) < 4.78 is 28.2. The molecule has 0 aromatic carbocycles. The number of carbonyl (C=O) groups excluding carboxylic acids is 2. The van der Waals surface area contributed by atoms with Gasteiger partial charge < -0.3 is 23.7 Å². The van der Waals surface area contributed by atoms with Crippen LogP contribution in [0.15, 0.2) is 0 Å². The number of cyclic esters (lactones) is 1. The highest BCUT2D eigenvalue weighted by Crippen LogP contribution is 2.38. The van der Waals surface area contributed by atoms with Gasteiger partial charge in [-0.1, -0.05) is 0 Å². The Balaban J connectivity index is 1.77. The van der Waals surface area contributed by atoms with Crippen LogP contribution in [0.25, 0.3) is 0 Å². The molecular formula is C14H20O7. The molecule has 0 saturated carbocycles. The largest absolute Gasteiger partial charge is 0.453 e. The highest BCUT2D eigenvalue weighted by molar-refractivity contribution is 6.35. The normalized spacial score (nSPS) is 41.5. The van der Waals surface area contributed by atoms with Gasteiger partial charge in [-0.25, -0.2) is 4.79 Å². The van der Waals surface area contributed by atoms with Crippen LogP contribution in [0.1, 0.15) is 34.1 Å². The quantitative estimate of drug-likeness (QED) is 0.544. The number of carbonyl (C=O) groups is 2. The summed E-state index contributed by atoms with van der Waals surface area (Å²) in [5.74, 6) is -2.86. The minimum Gasteiger partial charge on any atom is -0.453 e. The molecule has 0 spiro atoms. The second kappa shape index (κ2) is 4.74. The number of hydrogen-bond acceptors (Lipinski definition) is 7. The number of rotatable bonds is 2. The van der Waals surface area contributed by atoms with Gasteiger partial charge >= 0.3 is 5.97 Å². The second-order valence-electron chi connectivity index (χ2n) is 6.50. The lowest BCUT2D eigenvalue weighted by atomic mass is 10.0. The van der Waals surface area contributed by atoms with Crippen LogP contribution < -0.4 is 0 Å². The van der Waals surface area contributed by atoms with Crippen LogP contribution >= 0.6 is 0 Å². The van der Waals surface area contributed by atoms with Crippen LogP contribution in [0.2, 0.25) is 0 Å². The lowest BCUT2D eigenvalue weighted by Crippen LogP contribution is -2.44. The van der Waals surface area contributed by atoms with E-state index in [-0.39, 0.29) is 12.5 Å². The van der Waals surface area contributed by atoms with Crippen LogP contribution in [-0.4, -0.2) is 54.3 Å². The van der Waals surface area contributed by atoms with Crippen molar-refractivity contribution in [3.63, 3.8) is 0 Å². The molecule has 21 heavy (non-hydrogen) atoms. The third-order valence-corrected chi connectivity index (χ3v) is 3.80. The summed E-state index contributed by atoms with van der Waals surface area (Å²) >= 11 is 0. The Morgan fingerprint density at radius 2 is 1.52 bits per heavy atom. The molecule has 0 radical (unpaired) electrons. The zero-order valence-corrected chi connectivity index (χ0v) is 12.6. The van der Waals surface area contributed by atoms with Crippen LogP contribution in [0.5, 0.6) is 0 Å². The molecule has 0 aliphatic carbocycles. The number of ketones is 1. The van der Waals surface area contributed by atoms with E-state index in [0.29, 0.717) is 6.61 Å². The van der Waals surface area contributed by atoms with E-state index in [4.69, 9.17) is 23.7 Å². The molecule has 7 nitrogen and oxygen atoms in total. The molecule has 0 aromatic heterocycles. The average Bonchev–Trinajstić information content (AvgIpc) is 2.97. The maximum Gasteiger partial charge on any atom is 0.375 e. The van der Waals surface area contributed by atoms with E-state index in [0.717, 1.165) is 0 Å². The van der Waals surface area contributed by atoms with Crippen molar-refractivity contribution in [2.24, 2.45) is 0 Å². The molecule has 0 bridgehead atoms. The molecular weight excluding hydrogens is 280 g/mol. The molecule has 3 heterocycles. The van der Waals surface area contributed by atoms with Crippen LogP contribution in [0, 0.1) is 0 Å². The monoisotopic (exact) mass is 300 g/mol. The van der Waals surface area contributed by atoms with E-state index in [1.54, 1.807) is 13.8 Å². The summed E-state index contributed by atoms with van der Waals surface area (Å²) in [4.78, 5) is 22.7. The van der Waals surface area contributed by atoms with Crippen LogP contribution in [0.4, 0.5) is 0 Å². The topological polar surface area (TPSA) is 80.3 Å². The lowest BCUT2D eigenvalue weighted by molar-refractivity contribution is -0.175. The van der Waals surface area contributed by atoms with Gasteiger partial charge in [0.05, 0.1) is 13.0 Å².